The van der Waals surface area contributed by atoms with Crippen molar-refractivity contribution >= 4 is 59.0 Å². The molecule has 0 saturated carbocycles. The molecule has 0 amide bonds. The molecule has 5 aromatic carbocycles. The van der Waals surface area contributed by atoms with Crippen molar-refractivity contribution in [1.29, 1.82) is 0 Å². The van der Waals surface area contributed by atoms with Gasteiger partial charge in [-0.3, -0.25) is 0 Å². The van der Waals surface area contributed by atoms with Crippen molar-refractivity contribution in [1.82, 2.24) is 0 Å². The highest BCUT2D eigenvalue weighted by Gasteiger charge is 2.08. The first-order chi connectivity index (χ1) is 21.3. The molecular weight excluding hydrogens is 528 g/mol. The van der Waals surface area contributed by atoms with E-state index in [0.29, 0.717) is 0 Å². The van der Waals surface area contributed by atoms with Gasteiger partial charge in [0.05, 0.1) is 0 Å². The highest BCUT2D eigenvalue weighted by Crippen LogP contribution is 2.28. The van der Waals surface area contributed by atoms with Gasteiger partial charge < -0.3 is 0 Å². The minimum Gasteiger partial charge on any atom is -0.0918 e. The van der Waals surface area contributed by atoms with Gasteiger partial charge in [0, 0.05) is 0 Å². The Labute approximate surface area is 261 Å². The molecule has 0 saturated heterocycles. The Morgan fingerprint density at radius 2 is 1.05 bits per heavy atom. The highest BCUT2D eigenvalue weighted by molar-refractivity contribution is 6.01. The molecule has 0 heteroatoms. The molecule has 5 rings (SSSR count). The molecule has 0 aliphatic rings. The quantitative estimate of drug-likeness (QED) is 0.190. The minimum atomic E-state index is 0.902. The van der Waals surface area contributed by atoms with Gasteiger partial charge in [0.1, 0.15) is 0 Å². The summed E-state index contributed by atoms with van der Waals surface area (Å²) in [5.74, 6) is 0. The van der Waals surface area contributed by atoms with E-state index in [1.807, 2.05) is 42.5 Å². The summed E-state index contributed by atoms with van der Waals surface area (Å²) in [6.07, 6.45) is 4.43. The molecule has 0 unspecified atom stereocenters. The third kappa shape index (κ3) is 6.77. The Morgan fingerprint density at radius 3 is 1.82 bits per heavy atom. The molecule has 0 aliphatic heterocycles. The van der Waals surface area contributed by atoms with Crippen LogP contribution in [0, 0.1) is 0 Å². The van der Waals surface area contributed by atoms with Gasteiger partial charge in [0.2, 0.25) is 0 Å². The summed E-state index contributed by atoms with van der Waals surface area (Å²) in [5.41, 5.74) is 6.71. The lowest BCUT2D eigenvalue weighted by molar-refractivity contribution is 1.55. The fourth-order valence-electron chi connectivity index (χ4n) is 5.64. The third-order valence-corrected chi connectivity index (χ3v) is 7.84. The first-order valence-electron chi connectivity index (χ1n) is 14.9. The summed E-state index contributed by atoms with van der Waals surface area (Å²) < 4.78 is 0. The Morgan fingerprint density at radius 1 is 0.477 bits per heavy atom. The van der Waals surface area contributed by atoms with Crippen LogP contribution >= 0.6 is 0 Å². The molecule has 44 heavy (non-hydrogen) atoms. The van der Waals surface area contributed by atoms with Crippen molar-refractivity contribution in [2.75, 3.05) is 0 Å². The van der Waals surface area contributed by atoms with E-state index in [-0.39, 0.29) is 0 Å². The van der Waals surface area contributed by atoms with Crippen molar-refractivity contribution in [2.45, 2.75) is 13.8 Å². The third-order valence-electron chi connectivity index (χ3n) is 7.84. The maximum atomic E-state index is 4.52. The standard InChI is InChI=1S/C44H38/c1-31-16-7-8-17-32(2)30-38(29-26-31)44-35(5)19-10-9-18-34(4)43(41-23-13-14-24-42(41)44)36(6)28-27-33(3)39-25-15-21-37-20-11-12-22-40(37)39/h7-30H,1-2,4-5H2,3,6H3/b16-7?,17-8?,18-9?,19-10?,29-26?,33-27+,36-28+,38-30?,43-41?,44-42?. The lowest BCUT2D eigenvalue weighted by atomic mass is 9.93. The number of fused-ring (bicyclic) bond motifs is 2. The van der Waals surface area contributed by atoms with Gasteiger partial charge in [-0.2, -0.15) is 0 Å². The average Bonchev–Trinajstić information content (AvgIpc) is 3.03. The van der Waals surface area contributed by atoms with Crippen molar-refractivity contribution in [2.24, 2.45) is 0 Å². The topological polar surface area (TPSA) is 0 Å². The summed E-state index contributed by atoms with van der Waals surface area (Å²) in [4.78, 5) is 0. The van der Waals surface area contributed by atoms with Crippen molar-refractivity contribution < 1.29 is 0 Å². The van der Waals surface area contributed by atoms with Gasteiger partial charge >= 0.3 is 0 Å². The lowest BCUT2D eigenvalue weighted by Crippen LogP contribution is -2.07. The monoisotopic (exact) mass is 566 g/mol. The summed E-state index contributed by atoms with van der Waals surface area (Å²) in [5, 5.41) is 8.36. The molecule has 0 nitrogen and oxygen atoms in total. The SMILES string of the molecule is C=c1ccccc(=C)cc(-c2c(=C)ccccc(=C)c(/C(C)=C/C=C(\C)c3cccc4ccccc34)c3ccccc23)cc1. The number of benzene rings is 3. The van der Waals surface area contributed by atoms with Crippen LogP contribution in [-0.4, -0.2) is 0 Å². The summed E-state index contributed by atoms with van der Waals surface area (Å²) in [6, 6.07) is 46.0. The second kappa shape index (κ2) is 13.7. The molecule has 0 heterocycles. The molecule has 0 atom stereocenters. The van der Waals surface area contributed by atoms with Crippen molar-refractivity contribution in [3.8, 4) is 11.1 Å². The number of hydrogen-bond donors (Lipinski definition) is 0. The van der Waals surface area contributed by atoms with Crippen LogP contribution in [0.25, 0.3) is 70.1 Å². The maximum absolute atomic E-state index is 4.52. The van der Waals surface area contributed by atoms with Crippen LogP contribution in [0.4, 0.5) is 0 Å². The van der Waals surface area contributed by atoms with E-state index in [9.17, 15) is 0 Å². The van der Waals surface area contributed by atoms with E-state index in [1.165, 1.54) is 21.9 Å². The molecule has 0 bridgehead atoms. The Balaban J connectivity index is 1.83. The van der Waals surface area contributed by atoms with Gasteiger partial charge in [-0.05, 0) is 95.7 Å². The van der Waals surface area contributed by atoms with Crippen LogP contribution in [0.3, 0.4) is 0 Å². The van der Waals surface area contributed by atoms with E-state index < -0.39 is 0 Å². The van der Waals surface area contributed by atoms with E-state index in [2.05, 4.69) is 143 Å². The second-order valence-electron chi connectivity index (χ2n) is 11.1. The molecular formula is C44H38. The molecule has 214 valence electrons. The summed E-state index contributed by atoms with van der Waals surface area (Å²) in [6.45, 7) is 21.9. The maximum Gasteiger partial charge on any atom is -0.00384 e. The average molecular weight is 567 g/mol. The van der Waals surface area contributed by atoms with Crippen molar-refractivity contribution in [3.05, 3.63) is 178 Å². The van der Waals surface area contributed by atoms with Crippen LogP contribution in [0.5, 0.6) is 0 Å². The zero-order valence-corrected chi connectivity index (χ0v) is 25.7. The molecule has 0 radical (unpaired) electrons. The fourth-order valence-corrected chi connectivity index (χ4v) is 5.64. The predicted octanol–water partition coefficient (Wildman–Crippen LogP) is 9.06. The van der Waals surface area contributed by atoms with E-state index in [1.54, 1.807) is 0 Å². The smallest absolute Gasteiger partial charge is 0.00384 e. The second-order valence-corrected chi connectivity index (χ2v) is 11.1. The van der Waals surface area contributed by atoms with Crippen LogP contribution in [0.15, 0.2) is 146 Å². The van der Waals surface area contributed by atoms with Crippen LogP contribution in [0.2, 0.25) is 0 Å². The van der Waals surface area contributed by atoms with Gasteiger partial charge in [0.15, 0.2) is 0 Å². The number of hydrogen-bond acceptors (Lipinski definition) is 0. The minimum absolute atomic E-state index is 0.902. The summed E-state index contributed by atoms with van der Waals surface area (Å²) in [7, 11) is 0. The largest absolute Gasteiger partial charge is 0.0918 e. The van der Waals surface area contributed by atoms with Gasteiger partial charge in [-0.15, -0.1) is 0 Å². The van der Waals surface area contributed by atoms with E-state index in [4.69, 9.17) is 0 Å². The Bertz CT molecular complexity index is 2260. The van der Waals surface area contributed by atoms with E-state index >= 15 is 0 Å². The number of rotatable bonds is 4. The number of allylic oxidation sites excluding steroid dienone is 4. The lowest BCUT2D eigenvalue weighted by Gasteiger charge is -2.10. The Hall–Kier alpha value is -5.46. The fraction of sp³-hybridized carbons (Fsp3) is 0.0455. The van der Waals surface area contributed by atoms with Crippen LogP contribution in [-0.2, 0) is 0 Å². The predicted molar refractivity (Wildman–Crippen MR) is 196 cm³/mol. The molecule has 0 aliphatic carbocycles. The zero-order chi connectivity index (χ0) is 31.1. The van der Waals surface area contributed by atoms with Gasteiger partial charge in [-0.25, -0.2) is 0 Å². The highest BCUT2D eigenvalue weighted by atomic mass is 14.1. The normalized spacial score (nSPS) is 11.6. The molecule has 0 spiro atoms. The van der Waals surface area contributed by atoms with Crippen LogP contribution < -0.4 is 20.9 Å². The first kappa shape index (κ1) is 30.0. The Kier molecular flexibility index (Phi) is 9.33. The van der Waals surface area contributed by atoms with Gasteiger partial charge in [0.25, 0.3) is 0 Å². The van der Waals surface area contributed by atoms with Crippen molar-refractivity contribution in [3.63, 3.8) is 0 Å². The van der Waals surface area contributed by atoms with Gasteiger partial charge in [-0.1, -0.05) is 166 Å². The molecule has 0 fully saturated rings. The molecule has 5 aromatic rings. The van der Waals surface area contributed by atoms with Crippen LogP contribution in [0.1, 0.15) is 25.0 Å². The first-order valence-corrected chi connectivity index (χ1v) is 14.9. The zero-order valence-electron chi connectivity index (χ0n) is 25.7. The summed E-state index contributed by atoms with van der Waals surface area (Å²) >= 11 is 0. The molecule has 0 aromatic heterocycles. The molecule has 0 N–H and O–H groups in total. The van der Waals surface area contributed by atoms with E-state index in [0.717, 1.165) is 53.9 Å².